The average molecular weight is 529 g/mol. The van der Waals surface area contributed by atoms with Crippen molar-refractivity contribution < 1.29 is 13.2 Å². The van der Waals surface area contributed by atoms with Gasteiger partial charge in [-0.1, -0.05) is 12.8 Å². The third-order valence-electron chi connectivity index (χ3n) is 7.32. The molecule has 2 aliphatic rings. The molecule has 2 saturated carbocycles. The molecule has 0 amide bonds. The van der Waals surface area contributed by atoms with Gasteiger partial charge in [-0.05, 0) is 62.8 Å². The van der Waals surface area contributed by atoms with Gasteiger partial charge in [-0.15, -0.1) is 0 Å². The molecule has 2 fully saturated rings. The van der Waals surface area contributed by atoms with E-state index in [1.807, 2.05) is 6.33 Å². The van der Waals surface area contributed by atoms with E-state index in [2.05, 4.69) is 24.9 Å². The number of imidazole rings is 1. The van der Waals surface area contributed by atoms with Gasteiger partial charge in [-0.3, -0.25) is 0 Å². The first-order valence-electron chi connectivity index (χ1n) is 13.1. The second-order valence-corrected chi connectivity index (χ2v) is 11.7. The quantitative estimate of drug-likeness (QED) is 0.291. The Labute approximate surface area is 217 Å². The van der Waals surface area contributed by atoms with Crippen LogP contribution in [0.25, 0.3) is 11.2 Å². The van der Waals surface area contributed by atoms with Crippen LogP contribution in [0.4, 0.5) is 11.8 Å². The Hall–Kier alpha value is -2.96. The van der Waals surface area contributed by atoms with Crippen LogP contribution < -0.4 is 25.8 Å². The highest BCUT2D eigenvalue weighted by molar-refractivity contribution is 7.89. The van der Waals surface area contributed by atoms with Gasteiger partial charge < -0.3 is 25.7 Å². The lowest BCUT2D eigenvalue weighted by Gasteiger charge is -2.27. The van der Waals surface area contributed by atoms with E-state index in [0.717, 1.165) is 44.2 Å². The van der Waals surface area contributed by atoms with Crippen molar-refractivity contribution in [2.24, 2.45) is 5.73 Å². The molecule has 2 heterocycles. The third-order valence-corrected chi connectivity index (χ3v) is 8.80. The molecule has 11 nitrogen and oxygen atoms in total. The predicted molar refractivity (Wildman–Crippen MR) is 143 cm³/mol. The molecule has 2 aliphatic carbocycles. The van der Waals surface area contributed by atoms with Gasteiger partial charge in [0.25, 0.3) is 0 Å². The second-order valence-electron chi connectivity index (χ2n) is 9.91. The van der Waals surface area contributed by atoms with Gasteiger partial charge in [0.15, 0.2) is 17.0 Å². The maximum Gasteiger partial charge on any atom is 0.240 e. The minimum absolute atomic E-state index is 0.187. The molecule has 37 heavy (non-hydrogen) atoms. The summed E-state index contributed by atoms with van der Waals surface area (Å²) in [4.78, 5) is 14.4. The SMILES string of the molecule is COc1ccc(S(=O)(=O)NCCNc2nc(N[C@H]3CC[C@H](N)CC3)nc3c2ncn3C2CCCC2)cc1. The summed E-state index contributed by atoms with van der Waals surface area (Å²) < 4.78 is 35.2. The Morgan fingerprint density at radius 2 is 1.76 bits per heavy atom. The van der Waals surface area contributed by atoms with Crippen molar-refractivity contribution in [3.63, 3.8) is 0 Å². The maximum absolute atomic E-state index is 12.7. The van der Waals surface area contributed by atoms with E-state index in [0.29, 0.717) is 35.6 Å². The van der Waals surface area contributed by atoms with Crippen molar-refractivity contribution in [2.75, 3.05) is 30.8 Å². The summed E-state index contributed by atoms with van der Waals surface area (Å²) in [7, 11) is -2.10. The lowest BCUT2D eigenvalue weighted by molar-refractivity contribution is 0.410. The van der Waals surface area contributed by atoms with E-state index < -0.39 is 10.0 Å². The van der Waals surface area contributed by atoms with Crippen molar-refractivity contribution >= 4 is 33.0 Å². The molecule has 2 aromatic heterocycles. The van der Waals surface area contributed by atoms with Gasteiger partial charge in [0.05, 0.1) is 18.3 Å². The van der Waals surface area contributed by atoms with Crippen molar-refractivity contribution in [2.45, 2.75) is 74.4 Å². The minimum Gasteiger partial charge on any atom is -0.497 e. The van der Waals surface area contributed by atoms with Crippen LogP contribution in [0.5, 0.6) is 5.75 Å². The van der Waals surface area contributed by atoms with E-state index in [1.54, 1.807) is 19.2 Å². The van der Waals surface area contributed by atoms with Gasteiger partial charge in [0.2, 0.25) is 16.0 Å². The van der Waals surface area contributed by atoms with E-state index in [9.17, 15) is 8.42 Å². The number of sulfonamides is 1. The summed E-state index contributed by atoms with van der Waals surface area (Å²) in [5.41, 5.74) is 7.58. The molecule has 0 aliphatic heterocycles. The van der Waals surface area contributed by atoms with Crippen LogP contribution in [0.1, 0.15) is 57.4 Å². The Morgan fingerprint density at radius 3 is 2.46 bits per heavy atom. The molecule has 0 radical (unpaired) electrons. The largest absolute Gasteiger partial charge is 0.497 e. The molecule has 200 valence electrons. The first-order chi connectivity index (χ1) is 17.9. The number of benzene rings is 1. The Kier molecular flexibility index (Phi) is 7.77. The fourth-order valence-corrected chi connectivity index (χ4v) is 6.24. The summed E-state index contributed by atoms with van der Waals surface area (Å²) in [5, 5.41) is 6.79. The van der Waals surface area contributed by atoms with E-state index in [1.165, 1.54) is 25.0 Å². The fourth-order valence-electron chi connectivity index (χ4n) is 5.20. The monoisotopic (exact) mass is 528 g/mol. The minimum atomic E-state index is -3.64. The van der Waals surface area contributed by atoms with E-state index >= 15 is 0 Å². The molecule has 5 N–H and O–H groups in total. The number of methoxy groups -OCH3 is 1. The van der Waals surface area contributed by atoms with Crippen LogP contribution in [0, 0.1) is 0 Å². The number of rotatable bonds is 10. The Morgan fingerprint density at radius 1 is 1.03 bits per heavy atom. The highest BCUT2D eigenvalue weighted by atomic mass is 32.2. The summed E-state index contributed by atoms with van der Waals surface area (Å²) >= 11 is 0. The van der Waals surface area contributed by atoms with Gasteiger partial charge in [0.1, 0.15) is 5.75 Å². The van der Waals surface area contributed by atoms with Gasteiger partial charge in [0, 0.05) is 31.2 Å². The fraction of sp³-hybridized carbons (Fsp3) is 0.560. The van der Waals surface area contributed by atoms with Crippen LogP contribution >= 0.6 is 0 Å². The molecule has 3 aromatic rings. The predicted octanol–water partition coefficient (Wildman–Crippen LogP) is 3.02. The molecule has 0 saturated heterocycles. The summed E-state index contributed by atoms with van der Waals surface area (Å²) in [6, 6.07) is 7.24. The third kappa shape index (κ3) is 5.97. The van der Waals surface area contributed by atoms with Gasteiger partial charge in [-0.25, -0.2) is 18.1 Å². The Bertz CT molecular complexity index is 1300. The molecule has 5 rings (SSSR count). The molecule has 0 bridgehead atoms. The van der Waals surface area contributed by atoms with E-state index in [-0.39, 0.29) is 23.5 Å². The van der Waals surface area contributed by atoms with Gasteiger partial charge in [-0.2, -0.15) is 9.97 Å². The Balaban J connectivity index is 1.30. The number of ether oxygens (including phenoxy) is 1. The van der Waals surface area contributed by atoms with Crippen LogP contribution in [0.2, 0.25) is 0 Å². The second kappa shape index (κ2) is 11.2. The number of fused-ring (bicyclic) bond motifs is 1. The molecule has 12 heteroatoms. The summed E-state index contributed by atoms with van der Waals surface area (Å²) in [5.74, 6) is 1.76. The molecule has 0 atom stereocenters. The summed E-state index contributed by atoms with van der Waals surface area (Å²) in [6.45, 7) is 0.530. The number of nitrogens with zero attached hydrogens (tertiary/aromatic N) is 4. The number of hydrogen-bond donors (Lipinski definition) is 4. The normalized spacial score (nSPS) is 20.8. The van der Waals surface area contributed by atoms with Crippen LogP contribution in [-0.2, 0) is 10.0 Å². The molecular weight excluding hydrogens is 492 g/mol. The summed E-state index contributed by atoms with van der Waals surface area (Å²) in [6.07, 6.45) is 10.5. The average Bonchev–Trinajstić information content (AvgIpc) is 3.58. The zero-order chi connectivity index (χ0) is 25.8. The molecular formula is C25H36N8O3S. The zero-order valence-electron chi connectivity index (χ0n) is 21.2. The number of aromatic nitrogens is 4. The van der Waals surface area contributed by atoms with Crippen molar-refractivity contribution in [1.82, 2.24) is 24.2 Å². The zero-order valence-corrected chi connectivity index (χ0v) is 22.0. The smallest absolute Gasteiger partial charge is 0.240 e. The lowest BCUT2D eigenvalue weighted by atomic mass is 9.92. The number of anilines is 2. The standard InChI is InChI=1S/C25H36N8O3S/c1-36-20-10-12-21(13-11-20)37(34,35)29-15-14-27-23-22-24(33(16-28-22)19-4-2-3-5-19)32-25(31-23)30-18-8-6-17(26)7-9-18/h10-13,16-19,29H,2-9,14-15,26H2,1H3,(H2,27,30,31,32)/t17-,18-. The topological polar surface area (TPSA) is 149 Å². The van der Waals surface area contributed by atoms with Crippen molar-refractivity contribution in [1.29, 1.82) is 0 Å². The number of nitrogens with two attached hydrogens (primary N) is 1. The maximum atomic E-state index is 12.7. The molecule has 0 unspecified atom stereocenters. The lowest BCUT2D eigenvalue weighted by Crippen LogP contribution is -2.33. The highest BCUT2D eigenvalue weighted by Gasteiger charge is 2.24. The van der Waals surface area contributed by atoms with Crippen molar-refractivity contribution in [3.05, 3.63) is 30.6 Å². The van der Waals surface area contributed by atoms with E-state index in [4.69, 9.17) is 20.4 Å². The molecule has 1 aromatic carbocycles. The number of hydrogen-bond acceptors (Lipinski definition) is 9. The molecule has 0 spiro atoms. The van der Waals surface area contributed by atoms with Crippen LogP contribution in [0.3, 0.4) is 0 Å². The number of nitrogens with one attached hydrogen (secondary N) is 3. The van der Waals surface area contributed by atoms with Crippen LogP contribution in [-0.4, -0.2) is 60.2 Å². The van der Waals surface area contributed by atoms with Gasteiger partial charge >= 0.3 is 0 Å². The highest BCUT2D eigenvalue weighted by Crippen LogP contribution is 2.33. The first-order valence-corrected chi connectivity index (χ1v) is 14.6. The van der Waals surface area contributed by atoms with Crippen molar-refractivity contribution in [3.8, 4) is 5.75 Å². The first kappa shape index (κ1) is 25.7. The van der Waals surface area contributed by atoms with Crippen LogP contribution in [0.15, 0.2) is 35.5 Å².